The van der Waals surface area contributed by atoms with Gasteiger partial charge < -0.3 is 5.73 Å². The molecule has 1 aromatic heterocycles. The second-order valence-electron chi connectivity index (χ2n) is 2.42. The number of alkyl halides is 3. The molecule has 0 unspecified atom stereocenters. The highest BCUT2D eigenvalue weighted by Crippen LogP contribution is 2.18. The first-order valence-electron chi connectivity index (χ1n) is 3.57. The molecule has 0 aliphatic heterocycles. The molecular formula is C6H7BrF3N3O. The SMILES string of the molecule is Nc1nn(CCOC(F)(F)F)cc1Br. The van der Waals surface area contributed by atoms with Crippen LogP contribution in [0.15, 0.2) is 10.7 Å². The van der Waals surface area contributed by atoms with E-state index < -0.39 is 13.0 Å². The number of hydrogen-bond acceptors (Lipinski definition) is 3. The maximum Gasteiger partial charge on any atom is 0.522 e. The predicted molar refractivity (Wildman–Crippen MR) is 46.3 cm³/mol. The van der Waals surface area contributed by atoms with Crippen LogP contribution in [-0.4, -0.2) is 22.7 Å². The maximum absolute atomic E-state index is 11.6. The van der Waals surface area contributed by atoms with Gasteiger partial charge in [-0.05, 0) is 15.9 Å². The fourth-order valence-corrected chi connectivity index (χ4v) is 1.10. The topological polar surface area (TPSA) is 53.1 Å². The molecule has 1 aromatic rings. The Morgan fingerprint density at radius 1 is 1.57 bits per heavy atom. The molecule has 1 heterocycles. The summed E-state index contributed by atoms with van der Waals surface area (Å²) in [5.74, 6) is 0.233. The standard InChI is InChI=1S/C6H7BrF3N3O/c7-4-3-13(12-5(4)11)1-2-14-6(8,9)10/h3H,1-2H2,(H2,11,12). The van der Waals surface area contributed by atoms with Crippen molar-refractivity contribution in [2.75, 3.05) is 12.3 Å². The zero-order chi connectivity index (χ0) is 10.8. The minimum absolute atomic E-state index is 0.00465. The third kappa shape index (κ3) is 3.54. The molecule has 0 fully saturated rings. The fraction of sp³-hybridized carbons (Fsp3) is 0.500. The Morgan fingerprint density at radius 2 is 2.21 bits per heavy atom. The molecule has 8 heteroatoms. The summed E-state index contributed by atoms with van der Waals surface area (Å²) in [6, 6.07) is 0. The van der Waals surface area contributed by atoms with Crippen molar-refractivity contribution >= 4 is 21.7 Å². The Bertz CT molecular complexity index is 292. The second kappa shape index (κ2) is 4.18. The van der Waals surface area contributed by atoms with Crippen LogP contribution in [0.1, 0.15) is 0 Å². The largest absolute Gasteiger partial charge is 0.522 e. The molecule has 4 nitrogen and oxygen atoms in total. The van der Waals surface area contributed by atoms with Gasteiger partial charge in [-0.25, -0.2) is 0 Å². The van der Waals surface area contributed by atoms with E-state index >= 15 is 0 Å². The highest BCUT2D eigenvalue weighted by atomic mass is 79.9. The number of nitrogens with zero attached hydrogens (tertiary/aromatic N) is 2. The van der Waals surface area contributed by atoms with Crippen LogP contribution in [0, 0.1) is 0 Å². The second-order valence-corrected chi connectivity index (χ2v) is 3.27. The van der Waals surface area contributed by atoms with E-state index in [0.717, 1.165) is 0 Å². The summed E-state index contributed by atoms with van der Waals surface area (Å²) < 4.78 is 40.1. The quantitative estimate of drug-likeness (QED) is 0.913. The van der Waals surface area contributed by atoms with Crippen molar-refractivity contribution in [3.8, 4) is 0 Å². The summed E-state index contributed by atoms with van der Waals surface area (Å²) in [6.07, 6.45) is -3.12. The highest BCUT2D eigenvalue weighted by Gasteiger charge is 2.28. The zero-order valence-corrected chi connectivity index (χ0v) is 8.47. The first kappa shape index (κ1) is 11.3. The lowest BCUT2D eigenvalue weighted by Crippen LogP contribution is -2.17. The van der Waals surface area contributed by atoms with Crippen molar-refractivity contribution in [1.82, 2.24) is 9.78 Å². The first-order valence-corrected chi connectivity index (χ1v) is 4.37. The fourth-order valence-electron chi connectivity index (χ4n) is 0.781. The van der Waals surface area contributed by atoms with E-state index in [1.165, 1.54) is 10.9 Å². The van der Waals surface area contributed by atoms with Gasteiger partial charge in [0.15, 0.2) is 5.82 Å². The number of aromatic nitrogens is 2. The smallest absolute Gasteiger partial charge is 0.381 e. The molecule has 0 saturated carbocycles. The van der Waals surface area contributed by atoms with Crippen molar-refractivity contribution < 1.29 is 17.9 Å². The number of nitrogen functional groups attached to an aromatic ring is 1. The Hall–Kier alpha value is -0.760. The van der Waals surface area contributed by atoms with Crippen molar-refractivity contribution in [1.29, 1.82) is 0 Å². The lowest BCUT2D eigenvalue weighted by molar-refractivity contribution is -0.325. The van der Waals surface area contributed by atoms with Gasteiger partial charge in [0.25, 0.3) is 0 Å². The molecule has 14 heavy (non-hydrogen) atoms. The molecule has 80 valence electrons. The average Bonchev–Trinajstić information content (AvgIpc) is 2.28. The van der Waals surface area contributed by atoms with Gasteiger partial charge in [-0.15, -0.1) is 13.2 Å². The van der Waals surface area contributed by atoms with Gasteiger partial charge in [0.2, 0.25) is 0 Å². The van der Waals surface area contributed by atoms with Crippen LogP contribution < -0.4 is 5.73 Å². The molecular weight excluding hydrogens is 267 g/mol. The number of halogens is 4. The van der Waals surface area contributed by atoms with Gasteiger partial charge in [0.05, 0.1) is 17.6 Å². The zero-order valence-electron chi connectivity index (χ0n) is 6.88. The predicted octanol–water partition coefficient (Wildman–Crippen LogP) is 1.76. The van der Waals surface area contributed by atoms with Crippen LogP contribution in [0.4, 0.5) is 19.0 Å². The number of rotatable bonds is 3. The lowest BCUT2D eigenvalue weighted by Gasteiger charge is -2.06. The minimum atomic E-state index is -4.60. The van der Waals surface area contributed by atoms with Gasteiger partial charge in [-0.1, -0.05) is 0 Å². The Kier molecular flexibility index (Phi) is 3.38. The van der Waals surface area contributed by atoms with Gasteiger partial charge >= 0.3 is 6.36 Å². The van der Waals surface area contributed by atoms with E-state index in [2.05, 4.69) is 25.8 Å². The molecule has 0 radical (unpaired) electrons. The molecule has 0 atom stereocenters. The van der Waals surface area contributed by atoms with Gasteiger partial charge in [0.1, 0.15) is 0 Å². The van der Waals surface area contributed by atoms with Crippen LogP contribution in [-0.2, 0) is 11.3 Å². The van der Waals surface area contributed by atoms with Gasteiger partial charge in [-0.3, -0.25) is 9.42 Å². The molecule has 1 rings (SSSR count). The molecule has 0 aliphatic rings. The van der Waals surface area contributed by atoms with Crippen LogP contribution in [0.2, 0.25) is 0 Å². The summed E-state index contributed by atoms with van der Waals surface area (Å²) in [7, 11) is 0. The van der Waals surface area contributed by atoms with E-state index in [1.54, 1.807) is 0 Å². The van der Waals surface area contributed by atoms with Crippen LogP contribution in [0.3, 0.4) is 0 Å². The molecule has 0 aromatic carbocycles. The van der Waals surface area contributed by atoms with Crippen LogP contribution in [0.25, 0.3) is 0 Å². The normalized spacial score (nSPS) is 12.0. The number of anilines is 1. The summed E-state index contributed by atoms with van der Waals surface area (Å²) in [6.45, 7) is -0.494. The number of ether oxygens (including phenoxy) is 1. The van der Waals surface area contributed by atoms with Crippen molar-refractivity contribution in [2.45, 2.75) is 12.9 Å². The van der Waals surface area contributed by atoms with Crippen LogP contribution >= 0.6 is 15.9 Å². The summed E-state index contributed by atoms with van der Waals surface area (Å²) in [4.78, 5) is 0. The van der Waals surface area contributed by atoms with Crippen molar-refractivity contribution in [3.63, 3.8) is 0 Å². The Morgan fingerprint density at radius 3 is 2.64 bits per heavy atom. The molecule has 0 amide bonds. The molecule has 0 saturated heterocycles. The van der Waals surface area contributed by atoms with Crippen molar-refractivity contribution in [2.24, 2.45) is 0 Å². The van der Waals surface area contributed by atoms with E-state index in [-0.39, 0.29) is 12.4 Å². The van der Waals surface area contributed by atoms with Gasteiger partial charge in [0, 0.05) is 6.20 Å². The van der Waals surface area contributed by atoms with E-state index in [4.69, 9.17) is 5.73 Å². The number of hydrogen-bond donors (Lipinski definition) is 1. The third-order valence-corrected chi connectivity index (χ3v) is 1.94. The third-order valence-electron chi connectivity index (χ3n) is 1.33. The van der Waals surface area contributed by atoms with Gasteiger partial charge in [-0.2, -0.15) is 5.10 Å². The first-order chi connectivity index (χ1) is 6.38. The van der Waals surface area contributed by atoms with E-state index in [9.17, 15) is 13.2 Å². The Labute approximate surface area is 86.0 Å². The monoisotopic (exact) mass is 273 g/mol. The molecule has 0 aliphatic carbocycles. The molecule has 2 N–H and O–H groups in total. The number of nitrogens with two attached hydrogens (primary N) is 1. The lowest BCUT2D eigenvalue weighted by atomic mass is 10.6. The average molecular weight is 274 g/mol. The summed E-state index contributed by atoms with van der Waals surface area (Å²) >= 11 is 3.08. The summed E-state index contributed by atoms with van der Waals surface area (Å²) in [5.41, 5.74) is 5.36. The maximum atomic E-state index is 11.6. The van der Waals surface area contributed by atoms with Crippen LogP contribution in [0.5, 0.6) is 0 Å². The highest BCUT2D eigenvalue weighted by molar-refractivity contribution is 9.10. The van der Waals surface area contributed by atoms with Crippen molar-refractivity contribution in [3.05, 3.63) is 10.7 Å². The van der Waals surface area contributed by atoms with E-state index in [1.807, 2.05) is 0 Å². The minimum Gasteiger partial charge on any atom is -0.381 e. The Balaban J connectivity index is 2.39. The van der Waals surface area contributed by atoms with E-state index in [0.29, 0.717) is 4.47 Å². The molecule has 0 bridgehead atoms. The molecule has 0 spiro atoms. The summed E-state index contributed by atoms with van der Waals surface area (Å²) in [5, 5.41) is 3.73.